The zero-order chi connectivity index (χ0) is 41.4. The number of unbranched alkanes of at least 4 members (excludes halogenated alkanes) is 22. The Labute approximate surface area is 346 Å². The number of hydrogen-bond donors (Lipinski definition) is 3. The maximum Gasteiger partial charge on any atom is 0.472 e. The first kappa shape index (κ1) is 54.5. The molecule has 8 nitrogen and oxygen atoms in total. The number of phosphoric ester groups is 1. The van der Waals surface area contributed by atoms with Crippen LogP contribution < -0.4 is 5.32 Å². The molecule has 0 rings (SSSR count). The number of carbonyl (C=O) groups is 1. The van der Waals surface area contributed by atoms with E-state index in [-0.39, 0.29) is 19.1 Å². The van der Waals surface area contributed by atoms with Crippen LogP contribution in [0.4, 0.5) is 0 Å². The molecule has 0 saturated carbocycles. The van der Waals surface area contributed by atoms with E-state index in [0.29, 0.717) is 17.4 Å². The monoisotopic (exact) mass is 810 g/mol. The van der Waals surface area contributed by atoms with Gasteiger partial charge in [-0.05, 0) is 64.2 Å². The maximum atomic E-state index is 12.9. The molecule has 0 aliphatic heterocycles. The van der Waals surface area contributed by atoms with Gasteiger partial charge < -0.3 is 19.8 Å². The van der Waals surface area contributed by atoms with Crippen LogP contribution in [0, 0.1) is 0 Å². The average Bonchev–Trinajstić information content (AvgIpc) is 3.15. The van der Waals surface area contributed by atoms with Crippen LogP contribution in [0.15, 0.2) is 48.6 Å². The van der Waals surface area contributed by atoms with Gasteiger partial charge in [0, 0.05) is 6.42 Å². The largest absolute Gasteiger partial charge is 0.472 e. The highest BCUT2D eigenvalue weighted by atomic mass is 31.2. The van der Waals surface area contributed by atoms with E-state index in [4.69, 9.17) is 9.05 Å². The lowest BCUT2D eigenvalue weighted by Crippen LogP contribution is -2.45. The number of rotatable bonds is 41. The lowest BCUT2D eigenvalue weighted by atomic mass is 10.0. The number of hydrogen-bond acceptors (Lipinski definition) is 5. The molecule has 0 spiro atoms. The second kappa shape index (κ2) is 38.9. The van der Waals surface area contributed by atoms with Gasteiger partial charge in [0.1, 0.15) is 13.2 Å². The fourth-order valence-electron chi connectivity index (χ4n) is 6.32. The Hall–Kier alpha value is -1.54. The Morgan fingerprint density at radius 3 is 1.57 bits per heavy atom. The first-order valence-corrected chi connectivity index (χ1v) is 24.5. The number of aliphatic hydroxyl groups excluding tert-OH is 1. The number of carbonyl (C=O) groups excluding carboxylic acids is 1. The van der Waals surface area contributed by atoms with Gasteiger partial charge in [0.05, 0.1) is 39.9 Å². The third kappa shape index (κ3) is 40.6. The van der Waals surface area contributed by atoms with E-state index >= 15 is 0 Å². The minimum absolute atomic E-state index is 0.0520. The number of nitrogens with zero attached hydrogens (tertiary/aromatic N) is 1. The van der Waals surface area contributed by atoms with E-state index in [9.17, 15) is 19.4 Å². The minimum Gasteiger partial charge on any atom is -0.387 e. The van der Waals surface area contributed by atoms with Crippen molar-refractivity contribution in [3.63, 3.8) is 0 Å². The molecule has 0 aromatic carbocycles. The Kier molecular flexibility index (Phi) is 37.9. The number of nitrogens with one attached hydrogen (secondary N) is 1. The van der Waals surface area contributed by atoms with Crippen LogP contribution in [0.2, 0.25) is 0 Å². The summed E-state index contributed by atoms with van der Waals surface area (Å²) in [6.07, 6.45) is 49.0. The molecule has 9 heteroatoms. The summed E-state index contributed by atoms with van der Waals surface area (Å²) in [5, 5.41) is 13.8. The molecular formula is C47H90N2O6P+. The Bertz CT molecular complexity index is 1050. The molecule has 0 saturated heterocycles. The number of allylic oxidation sites excluding steroid dienone is 7. The summed E-state index contributed by atoms with van der Waals surface area (Å²) >= 11 is 0. The smallest absolute Gasteiger partial charge is 0.387 e. The molecule has 3 N–H and O–H groups in total. The van der Waals surface area contributed by atoms with Gasteiger partial charge in [0.25, 0.3) is 0 Å². The lowest BCUT2D eigenvalue weighted by molar-refractivity contribution is -0.870. The number of quaternary nitrogens is 1. The van der Waals surface area contributed by atoms with Crippen LogP contribution in [0.25, 0.3) is 0 Å². The van der Waals surface area contributed by atoms with E-state index in [0.717, 1.165) is 64.2 Å². The van der Waals surface area contributed by atoms with Gasteiger partial charge in [0.2, 0.25) is 5.91 Å². The van der Waals surface area contributed by atoms with Crippen molar-refractivity contribution in [1.82, 2.24) is 5.32 Å². The number of likely N-dealkylation sites (N-methyl/N-ethyl adjacent to an activating group) is 1. The van der Waals surface area contributed by atoms with Crippen molar-refractivity contribution in [1.29, 1.82) is 0 Å². The summed E-state index contributed by atoms with van der Waals surface area (Å²) in [5.74, 6) is -0.202. The molecule has 0 heterocycles. The van der Waals surface area contributed by atoms with Crippen molar-refractivity contribution in [2.75, 3.05) is 40.9 Å². The van der Waals surface area contributed by atoms with Crippen LogP contribution in [-0.4, -0.2) is 73.4 Å². The average molecular weight is 810 g/mol. The second-order valence-corrected chi connectivity index (χ2v) is 18.2. The highest BCUT2D eigenvalue weighted by molar-refractivity contribution is 7.47. The SMILES string of the molecule is CCCCC/C=C\C/C=C\CCCCCCCC(=O)NC(COP(=O)(O)OCC[N+](C)(C)C)C(O)/C=C/CC/C=C/CCCCCCCCCCCCCCC. The number of aliphatic hydroxyl groups is 1. The molecule has 0 radical (unpaired) electrons. The van der Waals surface area contributed by atoms with Gasteiger partial charge in [-0.15, -0.1) is 0 Å². The Morgan fingerprint density at radius 1 is 0.607 bits per heavy atom. The molecular weight excluding hydrogens is 719 g/mol. The summed E-state index contributed by atoms with van der Waals surface area (Å²) in [6, 6.07) is -0.870. The minimum atomic E-state index is -4.35. The molecule has 0 aliphatic rings. The van der Waals surface area contributed by atoms with E-state index in [2.05, 4.69) is 55.6 Å². The standard InChI is InChI=1S/C47H89N2O6P/c1-6-8-10-12-14-16-18-20-22-23-24-25-27-28-30-32-34-36-38-40-46(50)45(44-55-56(52,53)54-43-42-49(3,4)5)48-47(51)41-39-37-35-33-31-29-26-21-19-17-15-13-11-9-7-2/h15,17,21,26,30,32,38,40,45-46,50H,6-14,16,18-20,22-25,27-29,31,33-37,39,41-44H2,1-5H3,(H-,48,51,52,53)/p+1/b17-15-,26-21-,32-30+,40-38+. The highest BCUT2D eigenvalue weighted by Gasteiger charge is 2.27. The summed E-state index contributed by atoms with van der Waals surface area (Å²) in [6.45, 7) is 4.75. The third-order valence-corrected chi connectivity index (χ3v) is 11.0. The quantitative estimate of drug-likeness (QED) is 0.0246. The van der Waals surface area contributed by atoms with Gasteiger partial charge in [-0.1, -0.05) is 172 Å². The van der Waals surface area contributed by atoms with Gasteiger partial charge in [-0.3, -0.25) is 13.8 Å². The maximum absolute atomic E-state index is 12.9. The molecule has 0 aliphatic carbocycles. The predicted octanol–water partition coefficient (Wildman–Crippen LogP) is 12.9. The van der Waals surface area contributed by atoms with Gasteiger partial charge >= 0.3 is 7.82 Å². The Morgan fingerprint density at radius 2 is 1.04 bits per heavy atom. The normalized spacial score (nSPS) is 14.8. The molecule has 0 aromatic rings. The molecule has 3 unspecified atom stereocenters. The van der Waals surface area contributed by atoms with Crippen LogP contribution in [0.5, 0.6) is 0 Å². The van der Waals surface area contributed by atoms with Crippen molar-refractivity contribution in [2.45, 2.75) is 206 Å². The molecule has 0 aromatic heterocycles. The van der Waals surface area contributed by atoms with Crippen molar-refractivity contribution in [2.24, 2.45) is 0 Å². The highest BCUT2D eigenvalue weighted by Crippen LogP contribution is 2.43. The molecule has 56 heavy (non-hydrogen) atoms. The van der Waals surface area contributed by atoms with E-state index in [1.54, 1.807) is 6.08 Å². The van der Waals surface area contributed by atoms with Crippen molar-refractivity contribution in [3.05, 3.63) is 48.6 Å². The van der Waals surface area contributed by atoms with E-state index < -0.39 is 20.0 Å². The zero-order valence-electron chi connectivity index (χ0n) is 37.1. The van der Waals surface area contributed by atoms with Gasteiger partial charge in [0.15, 0.2) is 0 Å². The molecule has 1 amide bonds. The number of amides is 1. The second-order valence-electron chi connectivity index (χ2n) is 16.8. The molecule has 3 atom stereocenters. The zero-order valence-corrected chi connectivity index (χ0v) is 38.0. The first-order valence-electron chi connectivity index (χ1n) is 23.0. The van der Waals surface area contributed by atoms with E-state index in [1.165, 1.54) is 109 Å². The van der Waals surface area contributed by atoms with Crippen LogP contribution in [0.3, 0.4) is 0 Å². The molecule has 328 valence electrons. The summed E-state index contributed by atoms with van der Waals surface area (Å²) < 4.78 is 23.5. The van der Waals surface area contributed by atoms with Gasteiger partial charge in [-0.25, -0.2) is 4.57 Å². The fourth-order valence-corrected chi connectivity index (χ4v) is 7.06. The number of phosphoric acid groups is 1. The van der Waals surface area contributed by atoms with Crippen molar-refractivity contribution < 1.29 is 32.9 Å². The van der Waals surface area contributed by atoms with Gasteiger partial charge in [-0.2, -0.15) is 0 Å². The van der Waals surface area contributed by atoms with Crippen LogP contribution in [-0.2, 0) is 18.4 Å². The van der Waals surface area contributed by atoms with Crippen molar-refractivity contribution in [3.8, 4) is 0 Å². The molecule has 0 bridgehead atoms. The van der Waals surface area contributed by atoms with E-state index in [1.807, 2.05) is 27.2 Å². The van der Waals surface area contributed by atoms with Crippen molar-refractivity contribution >= 4 is 13.7 Å². The first-order chi connectivity index (χ1) is 27.0. The van der Waals surface area contributed by atoms with Crippen LogP contribution in [0.1, 0.15) is 194 Å². The summed E-state index contributed by atoms with van der Waals surface area (Å²) in [7, 11) is 1.54. The summed E-state index contributed by atoms with van der Waals surface area (Å²) in [5.41, 5.74) is 0. The summed E-state index contributed by atoms with van der Waals surface area (Å²) in [4.78, 5) is 23.1. The fraction of sp³-hybridized carbons (Fsp3) is 0.809. The third-order valence-electron chi connectivity index (χ3n) is 10.0. The predicted molar refractivity (Wildman–Crippen MR) is 240 cm³/mol. The van der Waals surface area contributed by atoms with Crippen LogP contribution >= 0.6 is 7.82 Å². The molecule has 0 fully saturated rings. The Balaban J connectivity index is 4.48. The lowest BCUT2D eigenvalue weighted by Gasteiger charge is -2.25. The topological polar surface area (TPSA) is 105 Å².